The molecule has 0 saturated carbocycles. The number of amides is 1. The topological polar surface area (TPSA) is 110 Å². The number of aromatic carboxylic acids is 1. The summed E-state index contributed by atoms with van der Waals surface area (Å²) >= 11 is 0. The van der Waals surface area contributed by atoms with Crippen molar-refractivity contribution in [1.29, 1.82) is 0 Å². The van der Waals surface area contributed by atoms with Gasteiger partial charge in [-0.05, 0) is 30.3 Å². The maximum atomic E-state index is 12.4. The Kier molecular flexibility index (Phi) is 3.11. The van der Waals surface area contributed by atoms with E-state index in [1.807, 2.05) is 0 Å². The Morgan fingerprint density at radius 2 is 1.72 bits per heavy atom. The van der Waals surface area contributed by atoms with E-state index in [0.717, 1.165) is 0 Å². The molecule has 0 atom stereocenters. The number of carbonyl (C=O) groups is 2. The smallest absolute Gasteiger partial charge is 0.348 e. The molecule has 2 heterocycles. The van der Waals surface area contributed by atoms with Crippen molar-refractivity contribution in [3.63, 3.8) is 0 Å². The van der Waals surface area contributed by atoms with E-state index in [-0.39, 0.29) is 22.4 Å². The number of rotatable bonds is 2. The summed E-state index contributed by atoms with van der Waals surface area (Å²) in [5.41, 5.74) is 0.837. The lowest BCUT2D eigenvalue weighted by atomic mass is 10.1. The molecule has 0 unspecified atom stereocenters. The molecule has 0 aliphatic carbocycles. The number of carboxylic acids is 1. The summed E-state index contributed by atoms with van der Waals surface area (Å²) in [6.45, 7) is 1.38. The van der Waals surface area contributed by atoms with Crippen molar-refractivity contribution in [2.45, 2.75) is 6.92 Å². The van der Waals surface area contributed by atoms with Crippen LogP contribution in [0.2, 0.25) is 0 Å². The molecular formula is C18H11NO6. The van der Waals surface area contributed by atoms with Gasteiger partial charge in [-0.3, -0.25) is 4.79 Å². The fourth-order valence-corrected chi connectivity index (χ4v) is 2.85. The molecule has 0 aliphatic heterocycles. The molecule has 0 bridgehead atoms. The van der Waals surface area contributed by atoms with Crippen LogP contribution in [0.3, 0.4) is 0 Å². The summed E-state index contributed by atoms with van der Waals surface area (Å²) in [6, 6.07) is 9.18. The number of nitrogens with one attached hydrogen (secondary N) is 1. The molecule has 124 valence electrons. The number of furan rings is 1. The van der Waals surface area contributed by atoms with Crippen molar-refractivity contribution in [1.82, 2.24) is 0 Å². The molecule has 4 rings (SSSR count). The van der Waals surface area contributed by atoms with Gasteiger partial charge in [0.1, 0.15) is 16.6 Å². The average Bonchev–Trinajstić information content (AvgIpc) is 2.93. The lowest BCUT2D eigenvalue weighted by Gasteiger charge is -2.03. The fraction of sp³-hybridized carbons (Fsp3) is 0.0556. The predicted octanol–water partition coefficient (Wildman–Crippen LogP) is 3.35. The maximum Gasteiger partial charge on any atom is 0.348 e. The van der Waals surface area contributed by atoms with Gasteiger partial charge in [0.25, 0.3) is 0 Å². The summed E-state index contributed by atoms with van der Waals surface area (Å²) in [6.07, 6.45) is 0. The van der Waals surface area contributed by atoms with Crippen molar-refractivity contribution >= 4 is 50.5 Å². The standard InChI is InChI=1S/C18H11NO6/c1-8(20)19-10-3-5-12-14(7-10)25-18(23)15-11-4-2-9(17(21)22)6-13(11)24-16(12)15/h2-7H,1H3,(H,19,20)(H,21,22). The minimum absolute atomic E-state index is 0.0631. The van der Waals surface area contributed by atoms with Gasteiger partial charge >= 0.3 is 11.6 Å². The summed E-state index contributed by atoms with van der Waals surface area (Å²) in [7, 11) is 0. The van der Waals surface area contributed by atoms with Crippen LogP contribution < -0.4 is 10.9 Å². The number of hydrogen-bond acceptors (Lipinski definition) is 5. The minimum Gasteiger partial charge on any atom is -0.478 e. The molecule has 2 aromatic heterocycles. The van der Waals surface area contributed by atoms with Gasteiger partial charge in [0.15, 0.2) is 5.58 Å². The van der Waals surface area contributed by atoms with Gasteiger partial charge < -0.3 is 19.3 Å². The van der Waals surface area contributed by atoms with Crippen molar-refractivity contribution in [3.8, 4) is 0 Å². The third kappa shape index (κ3) is 2.33. The Morgan fingerprint density at radius 3 is 2.44 bits per heavy atom. The Balaban J connectivity index is 2.06. The first-order chi connectivity index (χ1) is 11.9. The number of carboxylic acid groups (broad SMARTS) is 1. The molecule has 0 saturated heterocycles. The van der Waals surface area contributed by atoms with E-state index in [9.17, 15) is 14.4 Å². The second-order valence-electron chi connectivity index (χ2n) is 5.60. The third-order valence-electron chi connectivity index (χ3n) is 3.89. The molecular weight excluding hydrogens is 326 g/mol. The zero-order valence-electron chi connectivity index (χ0n) is 13.0. The predicted molar refractivity (Wildman–Crippen MR) is 91.0 cm³/mol. The van der Waals surface area contributed by atoms with E-state index in [2.05, 4.69) is 5.32 Å². The highest BCUT2D eigenvalue weighted by molar-refractivity contribution is 6.14. The Labute approximate surface area is 139 Å². The zero-order chi connectivity index (χ0) is 17.7. The van der Waals surface area contributed by atoms with Gasteiger partial charge in [0.2, 0.25) is 5.91 Å². The number of hydrogen-bond donors (Lipinski definition) is 2. The zero-order valence-corrected chi connectivity index (χ0v) is 13.0. The van der Waals surface area contributed by atoms with Crippen molar-refractivity contribution in [2.75, 3.05) is 5.32 Å². The van der Waals surface area contributed by atoms with Crippen LogP contribution in [0.4, 0.5) is 5.69 Å². The third-order valence-corrected chi connectivity index (χ3v) is 3.89. The van der Waals surface area contributed by atoms with Gasteiger partial charge in [-0.25, -0.2) is 9.59 Å². The molecule has 7 nitrogen and oxygen atoms in total. The maximum absolute atomic E-state index is 12.4. The number of carbonyl (C=O) groups excluding carboxylic acids is 1. The molecule has 0 fully saturated rings. The van der Waals surface area contributed by atoms with Crippen LogP contribution in [0, 0.1) is 0 Å². The van der Waals surface area contributed by atoms with Crippen LogP contribution >= 0.6 is 0 Å². The fourth-order valence-electron chi connectivity index (χ4n) is 2.85. The van der Waals surface area contributed by atoms with Crippen LogP contribution in [-0.4, -0.2) is 17.0 Å². The average molecular weight is 337 g/mol. The summed E-state index contributed by atoms with van der Waals surface area (Å²) in [5, 5.41) is 13.0. The first-order valence-corrected chi connectivity index (χ1v) is 7.38. The molecule has 7 heteroatoms. The summed E-state index contributed by atoms with van der Waals surface area (Å²) in [5.74, 6) is -1.33. The van der Waals surface area contributed by atoms with Crippen LogP contribution in [0.5, 0.6) is 0 Å². The van der Waals surface area contributed by atoms with Crippen LogP contribution in [-0.2, 0) is 4.79 Å². The molecule has 2 N–H and O–H groups in total. The molecule has 0 radical (unpaired) electrons. The van der Waals surface area contributed by atoms with Gasteiger partial charge in [0.05, 0.1) is 10.9 Å². The first-order valence-electron chi connectivity index (χ1n) is 7.38. The summed E-state index contributed by atoms with van der Waals surface area (Å²) < 4.78 is 11.1. The lowest BCUT2D eigenvalue weighted by molar-refractivity contribution is -0.114. The second-order valence-corrected chi connectivity index (χ2v) is 5.60. The number of anilines is 1. The molecule has 25 heavy (non-hydrogen) atoms. The lowest BCUT2D eigenvalue weighted by Crippen LogP contribution is -2.05. The number of benzene rings is 2. The van der Waals surface area contributed by atoms with Gasteiger partial charge in [-0.15, -0.1) is 0 Å². The molecule has 0 spiro atoms. The largest absolute Gasteiger partial charge is 0.478 e. The normalized spacial score (nSPS) is 11.2. The number of fused-ring (bicyclic) bond motifs is 5. The van der Waals surface area contributed by atoms with Crippen LogP contribution in [0.1, 0.15) is 17.3 Å². The molecule has 4 aromatic rings. The Hall–Kier alpha value is -3.61. The quantitative estimate of drug-likeness (QED) is 0.543. The van der Waals surface area contributed by atoms with Crippen LogP contribution in [0.15, 0.2) is 50.0 Å². The minimum atomic E-state index is -1.08. The SMILES string of the molecule is CC(=O)Nc1ccc2c(c1)oc(=O)c1c3ccc(C(=O)O)cc3oc21. The van der Waals surface area contributed by atoms with E-state index in [1.54, 1.807) is 12.1 Å². The van der Waals surface area contributed by atoms with Crippen molar-refractivity contribution < 1.29 is 23.5 Å². The molecule has 1 amide bonds. The van der Waals surface area contributed by atoms with E-state index < -0.39 is 11.6 Å². The van der Waals surface area contributed by atoms with Gasteiger partial charge in [0, 0.05) is 24.1 Å². The van der Waals surface area contributed by atoms with Crippen molar-refractivity contribution in [3.05, 3.63) is 52.4 Å². The van der Waals surface area contributed by atoms with E-state index in [1.165, 1.54) is 31.2 Å². The van der Waals surface area contributed by atoms with Gasteiger partial charge in [-0.2, -0.15) is 0 Å². The van der Waals surface area contributed by atoms with Crippen molar-refractivity contribution in [2.24, 2.45) is 0 Å². The monoisotopic (exact) mass is 337 g/mol. The first kappa shape index (κ1) is 14.9. The van der Waals surface area contributed by atoms with Crippen LogP contribution in [0.25, 0.3) is 32.9 Å². The Morgan fingerprint density at radius 1 is 1.00 bits per heavy atom. The highest BCUT2D eigenvalue weighted by atomic mass is 16.4. The highest BCUT2D eigenvalue weighted by Crippen LogP contribution is 2.33. The molecule has 0 aliphatic rings. The summed E-state index contributed by atoms with van der Waals surface area (Å²) in [4.78, 5) is 34.7. The van der Waals surface area contributed by atoms with E-state index >= 15 is 0 Å². The highest BCUT2D eigenvalue weighted by Gasteiger charge is 2.17. The van der Waals surface area contributed by atoms with Gasteiger partial charge in [-0.1, -0.05) is 0 Å². The molecule has 2 aromatic carbocycles. The van der Waals surface area contributed by atoms with E-state index in [0.29, 0.717) is 27.6 Å². The Bertz CT molecular complexity index is 1250. The van der Waals surface area contributed by atoms with E-state index in [4.69, 9.17) is 13.9 Å². The second kappa shape index (κ2) is 5.20.